The maximum atomic E-state index is 12.9. The molecule has 1 amide bonds. The highest BCUT2D eigenvalue weighted by molar-refractivity contribution is 6.30. The van der Waals surface area contributed by atoms with Crippen LogP contribution in [0.1, 0.15) is 41.1 Å². The number of carbonyl (C=O) groups excluding carboxylic acids is 2. The number of benzene rings is 2. The number of methoxy groups -OCH3 is 2. The molecular formula is C28H29ClN2O5. The second-order valence-electron chi connectivity index (χ2n) is 8.35. The zero-order valence-electron chi connectivity index (χ0n) is 20.5. The third kappa shape index (κ3) is 7.14. The summed E-state index contributed by atoms with van der Waals surface area (Å²) in [6.07, 6.45) is 5.41. The van der Waals surface area contributed by atoms with Crippen molar-refractivity contribution in [2.75, 3.05) is 26.1 Å². The van der Waals surface area contributed by atoms with Crippen molar-refractivity contribution >= 4 is 29.1 Å². The number of aromatic amines is 1. The number of ether oxygens (including phenoxy) is 3. The van der Waals surface area contributed by atoms with Gasteiger partial charge in [0.05, 0.1) is 19.9 Å². The van der Waals surface area contributed by atoms with Crippen molar-refractivity contribution in [3.05, 3.63) is 76.4 Å². The Kier molecular flexibility index (Phi) is 9.57. The number of ketones is 1. The maximum Gasteiger partial charge on any atom is 0.259 e. The molecule has 36 heavy (non-hydrogen) atoms. The van der Waals surface area contributed by atoms with E-state index in [0.29, 0.717) is 46.4 Å². The highest BCUT2D eigenvalue weighted by Gasteiger charge is 2.22. The number of hydrogen-bond acceptors (Lipinski definition) is 5. The molecule has 7 nitrogen and oxygen atoms in total. The van der Waals surface area contributed by atoms with Gasteiger partial charge in [-0.1, -0.05) is 42.6 Å². The zero-order valence-corrected chi connectivity index (χ0v) is 21.2. The first-order valence-electron chi connectivity index (χ1n) is 11.4. The lowest BCUT2D eigenvalue weighted by Crippen LogP contribution is -2.24. The zero-order chi connectivity index (χ0) is 26.1. The van der Waals surface area contributed by atoms with Crippen LogP contribution < -0.4 is 14.8 Å². The summed E-state index contributed by atoms with van der Waals surface area (Å²) in [5.41, 5.74) is 2.07. The van der Waals surface area contributed by atoms with Crippen LogP contribution in [0.5, 0.6) is 11.5 Å². The van der Waals surface area contributed by atoms with E-state index in [2.05, 4.69) is 16.2 Å². The highest BCUT2D eigenvalue weighted by Crippen LogP contribution is 2.29. The van der Waals surface area contributed by atoms with Gasteiger partial charge in [-0.2, -0.15) is 0 Å². The summed E-state index contributed by atoms with van der Waals surface area (Å²) >= 11 is 5.95. The fourth-order valence-corrected chi connectivity index (χ4v) is 3.96. The topological polar surface area (TPSA) is 89.7 Å². The Labute approximate surface area is 216 Å². The van der Waals surface area contributed by atoms with Crippen LogP contribution in [0.2, 0.25) is 5.02 Å². The van der Waals surface area contributed by atoms with E-state index >= 15 is 0 Å². The van der Waals surface area contributed by atoms with Crippen molar-refractivity contribution < 1.29 is 23.8 Å². The fourth-order valence-electron chi connectivity index (χ4n) is 3.83. The van der Waals surface area contributed by atoms with Crippen molar-refractivity contribution in [2.24, 2.45) is 5.92 Å². The van der Waals surface area contributed by atoms with Crippen LogP contribution in [-0.2, 0) is 16.0 Å². The molecule has 0 radical (unpaired) electrons. The minimum atomic E-state index is -0.928. The summed E-state index contributed by atoms with van der Waals surface area (Å²) in [6, 6.07) is 15.8. The van der Waals surface area contributed by atoms with Crippen molar-refractivity contribution in [1.29, 1.82) is 0 Å². The van der Waals surface area contributed by atoms with E-state index in [-0.39, 0.29) is 18.3 Å². The van der Waals surface area contributed by atoms with Crippen LogP contribution in [-0.4, -0.2) is 37.5 Å². The summed E-state index contributed by atoms with van der Waals surface area (Å²) < 4.78 is 16.2. The Hall–Kier alpha value is -3.73. The summed E-state index contributed by atoms with van der Waals surface area (Å²) in [5.74, 6) is 3.68. The van der Waals surface area contributed by atoms with Crippen LogP contribution >= 0.6 is 11.6 Å². The monoisotopic (exact) mass is 508 g/mol. The highest BCUT2D eigenvalue weighted by atomic mass is 35.5. The summed E-state index contributed by atoms with van der Waals surface area (Å²) in [6.45, 7) is 1.98. The molecule has 0 saturated heterocycles. The second-order valence-corrected chi connectivity index (χ2v) is 8.78. The predicted octanol–water partition coefficient (Wildman–Crippen LogP) is 5.47. The van der Waals surface area contributed by atoms with Crippen molar-refractivity contribution in [3.63, 3.8) is 0 Å². The Bertz CT molecular complexity index is 1230. The van der Waals surface area contributed by atoms with E-state index in [4.69, 9.17) is 32.2 Å². The van der Waals surface area contributed by atoms with E-state index in [9.17, 15) is 9.59 Å². The van der Waals surface area contributed by atoms with Crippen LogP contribution in [0.3, 0.4) is 0 Å². The minimum absolute atomic E-state index is 0.0346. The number of H-pyrrole nitrogens is 1. The number of nitrogens with one attached hydrogen (secondary N) is 2. The second kappa shape index (κ2) is 12.8. The molecule has 188 valence electrons. The molecule has 8 heteroatoms. The van der Waals surface area contributed by atoms with Crippen molar-refractivity contribution in [1.82, 2.24) is 4.98 Å². The van der Waals surface area contributed by atoms with Crippen molar-refractivity contribution in [3.8, 4) is 23.8 Å². The van der Waals surface area contributed by atoms with Gasteiger partial charge in [-0.25, -0.2) is 0 Å². The normalized spacial score (nSPS) is 12.3. The smallest absolute Gasteiger partial charge is 0.259 e. The molecule has 2 atom stereocenters. The average molecular weight is 509 g/mol. The standard InChI is InChI=1S/C28H29ClN2O5/c1-5-14-36-27(20-7-9-21(29)10-8-20)28(33)31-26-13-11-22(30-26)23(32)16-18(2)15-19-6-12-24(34-3)25(17-19)35-4/h1,6-13,17-18,27,30H,14-16H2,2-4H3,(H,31,33). The molecule has 3 aromatic rings. The number of Topliss-reactive ketones (excluding diaryl/α,β-unsaturated/α-hetero) is 1. The maximum absolute atomic E-state index is 12.9. The molecule has 3 rings (SSSR count). The molecule has 0 bridgehead atoms. The third-order valence-corrected chi connectivity index (χ3v) is 5.81. The lowest BCUT2D eigenvalue weighted by atomic mass is 9.95. The van der Waals surface area contributed by atoms with Gasteiger partial charge in [0, 0.05) is 11.4 Å². The van der Waals surface area contributed by atoms with Crippen molar-refractivity contribution in [2.45, 2.75) is 25.9 Å². The molecule has 0 aliphatic carbocycles. The van der Waals surface area contributed by atoms with E-state index in [0.717, 1.165) is 5.56 Å². The third-order valence-electron chi connectivity index (χ3n) is 5.55. The first-order chi connectivity index (χ1) is 17.3. The molecule has 2 aromatic carbocycles. The van der Waals surface area contributed by atoms with E-state index in [1.165, 1.54) is 0 Å². The van der Waals surface area contributed by atoms with E-state index in [1.54, 1.807) is 50.6 Å². The molecule has 2 unspecified atom stereocenters. The van der Waals surface area contributed by atoms with Gasteiger partial charge in [0.25, 0.3) is 5.91 Å². The van der Waals surface area contributed by atoms with Gasteiger partial charge >= 0.3 is 0 Å². The number of rotatable bonds is 12. The molecule has 0 aliphatic rings. The average Bonchev–Trinajstić information content (AvgIpc) is 3.33. The molecule has 1 heterocycles. The summed E-state index contributed by atoms with van der Waals surface area (Å²) in [7, 11) is 3.18. The molecule has 0 fully saturated rings. The van der Waals surface area contributed by atoms with Gasteiger partial charge < -0.3 is 24.5 Å². The van der Waals surface area contributed by atoms with Crippen LogP contribution in [0, 0.1) is 18.3 Å². The van der Waals surface area contributed by atoms with Crippen LogP contribution in [0.4, 0.5) is 5.82 Å². The number of aromatic nitrogens is 1. The van der Waals surface area contributed by atoms with Gasteiger partial charge in [-0.3, -0.25) is 9.59 Å². The van der Waals surface area contributed by atoms with Gasteiger partial charge in [-0.15, -0.1) is 6.42 Å². The SMILES string of the molecule is C#CCOC(C(=O)Nc1ccc(C(=O)CC(C)Cc2ccc(OC)c(OC)c2)[nH]1)c1ccc(Cl)cc1. The summed E-state index contributed by atoms with van der Waals surface area (Å²) in [4.78, 5) is 28.7. The van der Waals surface area contributed by atoms with Gasteiger partial charge in [-0.05, 0) is 59.9 Å². The molecular weight excluding hydrogens is 480 g/mol. The first-order valence-corrected chi connectivity index (χ1v) is 11.8. The minimum Gasteiger partial charge on any atom is -0.493 e. The first kappa shape index (κ1) is 26.9. The number of halogens is 1. The lowest BCUT2D eigenvalue weighted by molar-refractivity contribution is -0.127. The molecule has 0 saturated carbocycles. The van der Waals surface area contributed by atoms with E-state index in [1.807, 2.05) is 25.1 Å². The number of hydrogen-bond donors (Lipinski definition) is 2. The Morgan fingerprint density at radius 3 is 2.44 bits per heavy atom. The van der Waals surface area contributed by atoms with Crippen LogP contribution in [0.15, 0.2) is 54.6 Å². The summed E-state index contributed by atoms with van der Waals surface area (Å²) in [5, 5.41) is 3.30. The quantitative estimate of drug-likeness (QED) is 0.250. The number of anilines is 1. The molecule has 1 aromatic heterocycles. The Balaban J connectivity index is 1.61. The van der Waals surface area contributed by atoms with Gasteiger partial charge in [0.2, 0.25) is 0 Å². The fraction of sp³-hybridized carbons (Fsp3) is 0.286. The Morgan fingerprint density at radius 1 is 1.06 bits per heavy atom. The van der Waals surface area contributed by atoms with Gasteiger partial charge in [0.1, 0.15) is 12.4 Å². The predicted molar refractivity (Wildman–Crippen MR) is 140 cm³/mol. The lowest BCUT2D eigenvalue weighted by Gasteiger charge is -2.16. The van der Waals surface area contributed by atoms with E-state index < -0.39 is 12.0 Å². The number of amides is 1. The molecule has 0 aliphatic heterocycles. The van der Waals surface area contributed by atoms with Crippen LogP contribution in [0.25, 0.3) is 0 Å². The van der Waals surface area contributed by atoms with Gasteiger partial charge in [0.15, 0.2) is 23.4 Å². The number of carbonyl (C=O) groups is 2. The molecule has 0 spiro atoms. The number of terminal acetylenes is 1. The molecule has 2 N–H and O–H groups in total. The largest absolute Gasteiger partial charge is 0.493 e. The Morgan fingerprint density at radius 2 is 1.78 bits per heavy atom.